The Morgan fingerprint density at radius 3 is 2.67 bits per heavy atom. The second kappa shape index (κ2) is 6.39. The second-order valence-electron chi connectivity index (χ2n) is 5.84. The molecule has 0 radical (unpaired) electrons. The Morgan fingerprint density at radius 2 is 2.08 bits per heavy atom. The van der Waals surface area contributed by atoms with E-state index in [0.717, 1.165) is 26.0 Å². The Hall–Kier alpha value is -1.56. The highest BCUT2D eigenvalue weighted by Crippen LogP contribution is 2.36. The molecule has 2 amide bonds. The van der Waals surface area contributed by atoms with Crippen molar-refractivity contribution < 1.29 is 23.1 Å². The van der Waals surface area contributed by atoms with Crippen LogP contribution in [-0.4, -0.2) is 40.4 Å². The molecule has 2 aliphatic heterocycles. The summed E-state index contributed by atoms with van der Waals surface area (Å²) in [7, 11) is -3.82. The van der Waals surface area contributed by atoms with Crippen molar-refractivity contribution >= 4 is 50.4 Å². The van der Waals surface area contributed by atoms with E-state index in [1.54, 1.807) is 28.9 Å². The van der Waals surface area contributed by atoms with Gasteiger partial charge in [0, 0.05) is 12.5 Å². The lowest BCUT2D eigenvalue weighted by atomic mass is 9.97. The first-order valence-electron chi connectivity index (χ1n) is 7.41. The summed E-state index contributed by atoms with van der Waals surface area (Å²) in [6, 6.07) is 4.64. The number of hydrogen-bond donors (Lipinski definition) is 2. The van der Waals surface area contributed by atoms with Gasteiger partial charge >= 0.3 is 0 Å². The minimum absolute atomic E-state index is 0.00895. The highest BCUT2D eigenvalue weighted by Gasteiger charge is 2.42. The van der Waals surface area contributed by atoms with Gasteiger partial charge in [0.25, 0.3) is 15.9 Å². The van der Waals surface area contributed by atoms with Crippen LogP contribution in [0.3, 0.4) is 0 Å². The molecule has 0 bridgehead atoms. The molecule has 3 rings (SSSR count). The van der Waals surface area contributed by atoms with Crippen LogP contribution in [0.1, 0.15) is 24.8 Å². The summed E-state index contributed by atoms with van der Waals surface area (Å²) in [5.41, 5.74) is 0.818. The summed E-state index contributed by atoms with van der Waals surface area (Å²) in [6.07, 6.45) is 2.79. The first kappa shape index (κ1) is 17.3. The van der Waals surface area contributed by atoms with Gasteiger partial charge in [0.2, 0.25) is 5.91 Å². The molecular formula is C14H16IN3O5S. The van der Waals surface area contributed by atoms with E-state index in [9.17, 15) is 23.1 Å². The van der Waals surface area contributed by atoms with Gasteiger partial charge in [0.1, 0.15) is 11.4 Å². The van der Waals surface area contributed by atoms with Gasteiger partial charge in [-0.2, -0.15) is 7.64 Å². The second-order valence-corrected chi connectivity index (χ2v) is 8.55. The van der Waals surface area contributed by atoms with Crippen molar-refractivity contribution in [2.45, 2.75) is 31.7 Å². The molecule has 2 aliphatic rings. The van der Waals surface area contributed by atoms with Gasteiger partial charge in [-0.3, -0.25) is 9.59 Å². The van der Waals surface area contributed by atoms with Gasteiger partial charge < -0.3 is 10.4 Å². The van der Waals surface area contributed by atoms with Crippen LogP contribution in [0.4, 0.5) is 5.69 Å². The monoisotopic (exact) mass is 465 g/mol. The van der Waals surface area contributed by atoms with Crippen LogP contribution >= 0.6 is 22.9 Å². The van der Waals surface area contributed by atoms with Crippen LogP contribution < -0.4 is 9.73 Å². The number of anilines is 1. The number of phenols is 1. The highest BCUT2D eigenvalue weighted by molar-refractivity contribution is 14.1. The molecule has 0 spiro atoms. The normalized spacial score (nSPS) is 23.5. The van der Waals surface area contributed by atoms with Crippen molar-refractivity contribution in [2.24, 2.45) is 0 Å². The Balaban J connectivity index is 1.82. The summed E-state index contributed by atoms with van der Waals surface area (Å²) >= 11 is 1.59. The number of benzene rings is 1. The lowest BCUT2D eigenvalue weighted by molar-refractivity contribution is -0.123. The summed E-state index contributed by atoms with van der Waals surface area (Å²) < 4.78 is 25.9. The van der Waals surface area contributed by atoms with Crippen LogP contribution in [0.2, 0.25) is 0 Å². The zero-order chi connectivity index (χ0) is 17.5. The molecule has 0 aromatic heterocycles. The van der Waals surface area contributed by atoms with E-state index in [0.29, 0.717) is 12.8 Å². The van der Waals surface area contributed by atoms with E-state index in [4.69, 9.17) is 0 Å². The Labute approximate surface area is 153 Å². The van der Waals surface area contributed by atoms with Crippen molar-refractivity contribution in [3.05, 3.63) is 23.8 Å². The topological polar surface area (TPSA) is 107 Å². The smallest absolute Gasteiger partial charge is 0.268 e. The number of hydrazine groups is 1. The molecule has 0 aliphatic carbocycles. The fourth-order valence-electron chi connectivity index (χ4n) is 2.90. The SMILES string of the molecule is O=C1CCCC(Cc2ccc(N3N(I)C(=O)CS3(=O)=O)c(O)c2)N1. The molecule has 2 N–H and O–H groups in total. The number of piperidine rings is 1. The molecular weight excluding hydrogens is 449 g/mol. The minimum atomic E-state index is -3.82. The molecule has 2 saturated heterocycles. The van der Waals surface area contributed by atoms with Crippen molar-refractivity contribution in [2.75, 3.05) is 10.2 Å². The van der Waals surface area contributed by atoms with E-state index in [-0.39, 0.29) is 23.4 Å². The lowest BCUT2D eigenvalue weighted by Gasteiger charge is -2.25. The van der Waals surface area contributed by atoms with Crippen molar-refractivity contribution in [1.82, 2.24) is 8.54 Å². The quantitative estimate of drug-likeness (QED) is 0.509. The number of sulfonamides is 1. The van der Waals surface area contributed by atoms with E-state index >= 15 is 0 Å². The number of amides is 2. The standard InChI is InChI=1S/C14H16IN3O5S/c15-17-14(21)8-24(22,23)18(17)11-5-4-9(7-12(11)19)6-10-2-1-3-13(20)16-10/h4-5,7,10,19H,1-3,6,8H2,(H,16,20). The first-order chi connectivity index (χ1) is 11.3. The molecule has 1 aromatic carbocycles. The van der Waals surface area contributed by atoms with Gasteiger partial charge in [0.15, 0.2) is 5.75 Å². The van der Waals surface area contributed by atoms with Gasteiger partial charge in [-0.25, -0.2) is 8.42 Å². The summed E-state index contributed by atoms with van der Waals surface area (Å²) in [4.78, 5) is 23.0. The number of nitrogens with one attached hydrogen (secondary N) is 1. The summed E-state index contributed by atoms with van der Waals surface area (Å²) in [6.45, 7) is 0. The van der Waals surface area contributed by atoms with Gasteiger partial charge in [-0.15, -0.1) is 0 Å². The molecule has 24 heavy (non-hydrogen) atoms. The number of phenolic OH excluding ortho intramolecular Hbond substituents is 1. The largest absolute Gasteiger partial charge is 0.506 e. The van der Waals surface area contributed by atoms with Crippen molar-refractivity contribution in [1.29, 1.82) is 0 Å². The molecule has 0 saturated carbocycles. The van der Waals surface area contributed by atoms with Crippen LogP contribution in [0.15, 0.2) is 18.2 Å². The Morgan fingerprint density at radius 1 is 1.33 bits per heavy atom. The molecule has 1 atom stereocenters. The highest BCUT2D eigenvalue weighted by atomic mass is 127. The third-order valence-corrected chi connectivity index (χ3v) is 6.75. The van der Waals surface area contributed by atoms with Crippen LogP contribution in [-0.2, 0) is 26.0 Å². The number of aromatic hydroxyl groups is 1. The molecule has 8 nitrogen and oxygen atoms in total. The Bertz CT molecular complexity index is 798. The summed E-state index contributed by atoms with van der Waals surface area (Å²) in [5.74, 6) is -1.39. The van der Waals surface area contributed by atoms with E-state index in [1.165, 1.54) is 12.1 Å². The number of nitrogens with zero attached hydrogens (tertiary/aromatic N) is 2. The van der Waals surface area contributed by atoms with Crippen LogP contribution in [0.5, 0.6) is 5.75 Å². The van der Waals surface area contributed by atoms with E-state index in [2.05, 4.69) is 5.32 Å². The number of carbonyl (C=O) groups excluding carboxylic acids is 2. The predicted octanol–water partition coefficient (Wildman–Crippen LogP) is 0.847. The van der Waals surface area contributed by atoms with Gasteiger partial charge in [0.05, 0.1) is 22.9 Å². The molecule has 2 heterocycles. The molecule has 10 heteroatoms. The van der Waals surface area contributed by atoms with Gasteiger partial charge in [-0.1, -0.05) is 6.07 Å². The molecule has 130 valence electrons. The number of rotatable bonds is 3. The Kier molecular flexibility index (Phi) is 4.60. The fourth-order valence-corrected chi connectivity index (χ4v) is 5.66. The van der Waals surface area contributed by atoms with Crippen molar-refractivity contribution in [3.63, 3.8) is 0 Å². The van der Waals surface area contributed by atoms with E-state index in [1.807, 2.05) is 0 Å². The minimum Gasteiger partial charge on any atom is -0.506 e. The molecule has 1 aromatic rings. The lowest BCUT2D eigenvalue weighted by Crippen LogP contribution is -2.40. The van der Waals surface area contributed by atoms with Crippen molar-refractivity contribution in [3.8, 4) is 5.75 Å². The first-order valence-corrected chi connectivity index (χ1v) is 9.98. The molecule has 1 unspecified atom stereocenters. The third-order valence-electron chi connectivity index (χ3n) is 3.98. The zero-order valence-corrected chi connectivity index (χ0v) is 15.6. The number of hydrogen-bond acceptors (Lipinski definition) is 5. The van der Waals surface area contributed by atoms with Crippen LogP contribution in [0, 0.1) is 0 Å². The maximum atomic E-state index is 12.1. The maximum Gasteiger partial charge on any atom is 0.268 e. The fraction of sp³-hybridized carbons (Fsp3) is 0.429. The molecule has 2 fully saturated rings. The summed E-state index contributed by atoms with van der Waals surface area (Å²) in [5, 5.41) is 13.1. The maximum absolute atomic E-state index is 12.1. The zero-order valence-electron chi connectivity index (χ0n) is 12.6. The average molecular weight is 465 g/mol. The van der Waals surface area contributed by atoms with Gasteiger partial charge in [-0.05, 0) is 37.0 Å². The number of carbonyl (C=O) groups is 2. The third kappa shape index (κ3) is 3.29. The average Bonchev–Trinajstić information content (AvgIpc) is 2.68. The predicted molar refractivity (Wildman–Crippen MR) is 94.7 cm³/mol. The van der Waals surface area contributed by atoms with E-state index < -0.39 is 21.7 Å². The number of halogens is 1. The van der Waals surface area contributed by atoms with Crippen LogP contribution in [0.25, 0.3) is 0 Å².